The standard InChI is InChI=1S/C52H97NO3/c1-6-9-12-15-17-19-21-23-25-27-29-31-33-35-37-40-45-52(46-41-38-36-34-32-30-28-26-24-22-20-18-16-13-10-7-2)55-50(43-47-53(4)5)51(56-52)44-49-54-48-42-39-14-11-8-3/h17-20,23-26,50-51H,6-16,21-22,27-49H2,1-5H3/b19-17-,20-18-,25-23-,26-24-. The predicted molar refractivity (Wildman–Crippen MR) is 248 cm³/mol. The molecule has 0 N–H and O–H groups in total. The summed E-state index contributed by atoms with van der Waals surface area (Å²) < 4.78 is 20.3. The second kappa shape index (κ2) is 40.6. The van der Waals surface area contributed by atoms with Crippen molar-refractivity contribution in [1.82, 2.24) is 4.90 Å². The smallest absolute Gasteiger partial charge is 0.169 e. The maximum atomic E-state index is 7.06. The highest BCUT2D eigenvalue weighted by molar-refractivity contribution is 4.94. The Morgan fingerprint density at radius 2 is 0.804 bits per heavy atom. The zero-order valence-corrected chi connectivity index (χ0v) is 38.4. The Labute approximate surface area is 351 Å². The van der Waals surface area contributed by atoms with Crippen LogP contribution in [-0.2, 0) is 14.2 Å². The quantitative estimate of drug-likeness (QED) is 0.0456. The summed E-state index contributed by atoms with van der Waals surface area (Å²) in [4.78, 5) is 2.29. The van der Waals surface area contributed by atoms with E-state index in [-0.39, 0.29) is 12.2 Å². The second-order valence-electron chi connectivity index (χ2n) is 17.3. The van der Waals surface area contributed by atoms with Crippen LogP contribution >= 0.6 is 0 Å². The van der Waals surface area contributed by atoms with E-state index in [9.17, 15) is 0 Å². The van der Waals surface area contributed by atoms with Gasteiger partial charge in [-0.2, -0.15) is 0 Å². The first kappa shape index (κ1) is 52.8. The van der Waals surface area contributed by atoms with Crippen molar-refractivity contribution in [2.24, 2.45) is 0 Å². The maximum absolute atomic E-state index is 7.06. The van der Waals surface area contributed by atoms with E-state index in [4.69, 9.17) is 14.2 Å². The molecule has 1 rings (SSSR count). The molecule has 4 heteroatoms. The van der Waals surface area contributed by atoms with Gasteiger partial charge in [-0.3, -0.25) is 0 Å². The zero-order chi connectivity index (χ0) is 40.5. The van der Waals surface area contributed by atoms with Crippen LogP contribution in [0.1, 0.15) is 233 Å². The van der Waals surface area contributed by atoms with Crippen LogP contribution in [0.2, 0.25) is 0 Å². The molecule has 2 unspecified atom stereocenters. The normalized spacial score (nSPS) is 17.4. The van der Waals surface area contributed by atoms with Crippen molar-refractivity contribution < 1.29 is 14.2 Å². The molecule has 4 nitrogen and oxygen atoms in total. The van der Waals surface area contributed by atoms with E-state index in [2.05, 4.69) is 88.4 Å². The molecule has 0 radical (unpaired) electrons. The monoisotopic (exact) mass is 784 g/mol. The molecule has 1 saturated heterocycles. The number of nitrogens with zero attached hydrogens (tertiary/aromatic N) is 1. The first-order valence-corrected chi connectivity index (χ1v) is 24.7. The zero-order valence-electron chi connectivity index (χ0n) is 38.4. The average molecular weight is 784 g/mol. The molecular formula is C52H97NO3. The molecule has 328 valence electrons. The van der Waals surface area contributed by atoms with E-state index in [0.717, 1.165) is 58.3 Å². The first-order valence-electron chi connectivity index (χ1n) is 24.7. The molecule has 0 spiro atoms. The van der Waals surface area contributed by atoms with Gasteiger partial charge in [-0.15, -0.1) is 0 Å². The maximum Gasteiger partial charge on any atom is 0.169 e. The molecule has 1 fully saturated rings. The third-order valence-electron chi connectivity index (χ3n) is 11.5. The fourth-order valence-electron chi connectivity index (χ4n) is 7.84. The van der Waals surface area contributed by atoms with Gasteiger partial charge in [0.2, 0.25) is 0 Å². The summed E-state index contributed by atoms with van der Waals surface area (Å²) >= 11 is 0. The number of unbranched alkanes of at least 4 members (excludes halogenated alkanes) is 22. The summed E-state index contributed by atoms with van der Waals surface area (Å²) in [6, 6.07) is 0. The Balaban J connectivity index is 2.51. The summed E-state index contributed by atoms with van der Waals surface area (Å²) in [7, 11) is 4.35. The molecule has 0 saturated carbocycles. The first-order chi connectivity index (χ1) is 27.6. The Hall–Kier alpha value is -1.20. The number of hydrogen-bond acceptors (Lipinski definition) is 4. The van der Waals surface area contributed by atoms with Crippen molar-refractivity contribution in [1.29, 1.82) is 0 Å². The third kappa shape index (κ3) is 32.7. The summed E-state index contributed by atoms with van der Waals surface area (Å²) in [5.41, 5.74) is 0. The van der Waals surface area contributed by atoms with Gasteiger partial charge in [0.05, 0.1) is 12.2 Å². The Morgan fingerprint density at radius 3 is 1.27 bits per heavy atom. The largest absolute Gasteiger partial charge is 0.381 e. The van der Waals surface area contributed by atoms with Crippen LogP contribution in [0.25, 0.3) is 0 Å². The van der Waals surface area contributed by atoms with Gasteiger partial charge in [-0.25, -0.2) is 0 Å². The molecule has 1 heterocycles. The van der Waals surface area contributed by atoms with Crippen LogP contribution in [0.15, 0.2) is 48.6 Å². The molecule has 0 aliphatic carbocycles. The molecule has 1 aliphatic rings. The second-order valence-corrected chi connectivity index (χ2v) is 17.3. The summed E-state index contributed by atoms with van der Waals surface area (Å²) in [6.45, 7) is 9.52. The minimum absolute atomic E-state index is 0.143. The number of rotatable bonds is 42. The lowest BCUT2D eigenvalue weighted by Gasteiger charge is -2.29. The highest BCUT2D eigenvalue weighted by Crippen LogP contribution is 2.40. The lowest BCUT2D eigenvalue weighted by molar-refractivity contribution is -0.188. The van der Waals surface area contributed by atoms with Gasteiger partial charge in [0, 0.05) is 32.6 Å². The minimum Gasteiger partial charge on any atom is -0.381 e. The van der Waals surface area contributed by atoms with Gasteiger partial charge in [0.1, 0.15) is 0 Å². The molecule has 0 aromatic rings. The van der Waals surface area contributed by atoms with Crippen molar-refractivity contribution in [3.63, 3.8) is 0 Å². The number of hydrogen-bond donors (Lipinski definition) is 0. The average Bonchev–Trinajstić information content (AvgIpc) is 3.54. The van der Waals surface area contributed by atoms with Gasteiger partial charge in [0.25, 0.3) is 0 Å². The van der Waals surface area contributed by atoms with Crippen LogP contribution in [-0.4, -0.2) is 56.7 Å². The van der Waals surface area contributed by atoms with Crippen LogP contribution in [0, 0.1) is 0 Å². The Bertz CT molecular complexity index is 875. The minimum atomic E-state index is -0.410. The van der Waals surface area contributed by atoms with E-state index < -0.39 is 5.79 Å². The fraction of sp³-hybridized carbons (Fsp3) is 0.846. The third-order valence-corrected chi connectivity index (χ3v) is 11.5. The van der Waals surface area contributed by atoms with E-state index in [1.165, 1.54) is 173 Å². The van der Waals surface area contributed by atoms with Gasteiger partial charge in [-0.05, 0) is 110 Å². The van der Waals surface area contributed by atoms with Crippen LogP contribution < -0.4 is 0 Å². The summed E-state index contributed by atoms with van der Waals surface area (Å²) in [5.74, 6) is -0.410. The summed E-state index contributed by atoms with van der Waals surface area (Å²) in [6.07, 6.45) is 60.4. The van der Waals surface area contributed by atoms with Crippen molar-refractivity contribution >= 4 is 0 Å². The van der Waals surface area contributed by atoms with Crippen LogP contribution in [0.4, 0.5) is 0 Å². The highest BCUT2D eigenvalue weighted by atomic mass is 16.8. The fourth-order valence-corrected chi connectivity index (χ4v) is 7.84. The Morgan fingerprint density at radius 1 is 0.429 bits per heavy atom. The van der Waals surface area contributed by atoms with Crippen LogP contribution in [0.3, 0.4) is 0 Å². The molecule has 2 atom stereocenters. The number of ether oxygens (including phenoxy) is 3. The summed E-state index contributed by atoms with van der Waals surface area (Å²) in [5, 5.41) is 0. The molecule has 0 amide bonds. The molecule has 0 bridgehead atoms. The molecule has 1 aliphatic heterocycles. The predicted octanol–water partition coefficient (Wildman–Crippen LogP) is 16.2. The van der Waals surface area contributed by atoms with Crippen molar-refractivity contribution in [3.8, 4) is 0 Å². The molecule has 0 aromatic heterocycles. The van der Waals surface area contributed by atoms with E-state index in [1.807, 2.05) is 0 Å². The SMILES string of the molecule is CCCCC/C=C\C/C=C\CCCCCCCCC1(CCCCCCCC/C=C\C/C=C\CCCCC)OC(CCOCCCCCCC)C(CCN(C)C)O1. The lowest BCUT2D eigenvalue weighted by Crippen LogP contribution is -2.31. The number of allylic oxidation sites excluding steroid dienone is 8. The van der Waals surface area contributed by atoms with E-state index >= 15 is 0 Å². The van der Waals surface area contributed by atoms with Gasteiger partial charge in [-0.1, -0.05) is 172 Å². The Kier molecular flexibility index (Phi) is 38.3. The van der Waals surface area contributed by atoms with Crippen molar-refractivity contribution in [2.45, 2.75) is 251 Å². The molecule has 0 aromatic carbocycles. The lowest BCUT2D eigenvalue weighted by atomic mass is 9.98. The van der Waals surface area contributed by atoms with Gasteiger partial charge < -0.3 is 19.1 Å². The van der Waals surface area contributed by atoms with E-state index in [1.54, 1.807) is 0 Å². The molecule has 56 heavy (non-hydrogen) atoms. The highest BCUT2D eigenvalue weighted by Gasteiger charge is 2.46. The van der Waals surface area contributed by atoms with Crippen LogP contribution in [0.5, 0.6) is 0 Å². The van der Waals surface area contributed by atoms with Gasteiger partial charge >= 0.3 is 0 Å². The van der Waals surface area contributed by atoms with E-state index in [0.29, 0.717) is 0 Å². The molecular weight excluding hydrogens is 687 g/mol. The van der Waals surface area contributed by atoms with Gasteiger partial charge in [0.15, 0.2) is 5.79 Å². The van der Waals surface area contributed by atoms with Crippen molar-refractivity contribution in [3.05, 3.63) is 48.6 Å². The topological polar surface area (TPSA) is 30.9 Å². The van der Waals surface area contributed by atoms with Crippen molar-refractivity contribution in [2.75, 3.05) is 33.9 Å².